The molecule has 0 unspecified atom stereocenters. The molecular formula is C15H17NO3. The van der Waals surface area contributed by atoms with Gasteiger partial charge in [-0.1, -0.05) is 12.1 Å². The summed E-state index contributed by atoms with van der Waals surface area (Å²) in [7, 11) is 0. The fourth-order valence-corrected chi connectivity index (χ4v) is 2.25. The minimum Gasteiger partial charge on any atom is -0.462 e. The quantitative estimate of drug-likeness (QED) is 0.796. The number of hydrogen-bond acceptors (Lipinski definition) is 3. The Kier molecular flexibility index (Phi) is 3.69. The Morgan fingerprint density at radius 1 is 1.32 bits per heavy atom. The molecule has 0 N–H and O–H groups in total. The van der Waals surface area contributed by atoms with Crippen LogP contribution in [0, 0.1) is 6.92 Å². The van der Waals surface area contributed by atoms with Crippen molar-refractivity contribution < 1.29 is 9.53 Å². The summed E-state index contributed by atoms with van der Waals surface area (Å²) in [6.45, 7) is 6.61. The van der Waals surface area contributed by atoms with Gasteiger partial charge in [-0.25, -0.2) is 4.79 Å². The number of benzene rings is 1. The zero-order valence-corrected chi connectivity index (χ0v) is 11.4. The minimum absolute atomic E-state index is 0.0989. The van der Waals surface area contributed by atoms with Crippen molar-refractivity contribution in [3.63, 3.8) is 0 Å². The number of ether oxygens (including phenoxy) is 1. The van der Waals surface area contributed by atoms with Gasteiger partial charge in [0.1, 0.15) is 5.56 Å². The van der Waals surface area contributed by atoms with Crippen LogP contribution in [0.1, 0.15) is 29.8 Å². The molecule has 1 aromatic heterocycles. The fraction of sp³-hybridized carbons (Fsp3) is 0.333. The maximum absolute atomic E-state index is 12.4. The van der Waals surface area contributed by atoms with Gasteiger partial charge in [0.25, 0.3) is 0 Å². The molecule has 0 saturated heterocycles. The summed E-state index contributed by atoms with van der Waals surface area (Å²) < 4.78 is 6.85. The average Bonchev–Trinajstić information content (AvgIpc) is 2.40. The van der Waals surface area contributed by atoms with Crippen LogP contribution in [-0.2, 0) is 11.3 Å². The highest BCUT2D eigenvalue weighted by Gasteiger charge is 2.16. The molecule has 0 spiro atoms. The second-order valence-electron chi connectivity index (χ2n) is 4.35. The van der Waals surface area contributed by atoms with Crippen LogP contribution < -0.4 is 5.43 Å². The predicted octanol–water partition coefficient (Wildman–Crippen LogP) is 2.51. The van der Waals surface area contributed by atoms with E-state index in [4.69, 9.17) is 4.74 Å². The van der Waals surface area contributed by atoms with E-state index in [1.54, 1.807) is 19.2 Å². The van der Waals surface area contributed by atoms with Crippen molar-refractivity contribution in [3.05, 3.63) is 45.7 Å². The molecule has 4 heteroatoms. The van der Waals surface area contributed by atoms with Gasteiger partial charge >= 0.3 is 5.97 Å². The van der Waals surface area contributed by atoms with E-state index < -0.39 is 5.97 Å². The number of para-hydroxylation sites is 1. The molecule has 19 heavy (non-hydrogen) atoms. The van der Waals surface area contributed by atoms with E-state index >= 15 is 0 Å². The predicted molar refractivity (Wildman–Crippen MR) is 74.6 cm³/mol. The van der Waals surface area contributed by atoms with Crippen LogP contribution in [0.5, 0.6) is 0 Å². The first-order chi connectivity index (χ1) is 9.10. The van der Waals surface area contributed by atoms with E-state index in [-0.39, 0.29) is 17.6 Å². The Morgan fingerprint density at radius 3 is 2.68 bits per heavy atom. The SMILES string of the molecule is CCOC(=O)c1cn(CC)c2c(C)cccc2c1=O. The summed E-state index contributed by atoms with van der Waals surface area (Å²) in [4.78, 5) is 24.2. The van der Waals surface area contributed by atoms with Gasteiger partial charge in [0, 0.05) is 18.1 Å². The van der Waals surface area contributed by atoms with Crippen LogP contribution in [0.3, 0.4) is 0 Å². The molecule has 1 aromatic carbocycles. The number of hydrogen-bond donors (Lipinski definition) is 0. The van der Waals surface area contributed by atoms with Gasteiger partial charge in [-0.15, -0.1) is 0 Å². The van der Waals surface area contributed by atoms with Gasteiger partial charge in [-0.05, 0) is 32.4 Å². The number of carbonyl (C=O) groups excluding carboxylic acids is 1. The van der Waals surface area contributed by atoms with E-state index in [1.165, 1.54) is 0 Å². The zero-order chi connectivity index (χ0) is 14.0. The van der Waals surface area contributed by atoms with Gasteiger partial charge in [0.05, 0.1) is 12.1 Å². The molecular weight excluding hydrogens is 242 g/mol. The molecule has 4 nitrogen and oxygen atoms in total. The molecule has 0 amide bonds. The Labute approximate surface area is 111 Å². The molecule has 0 radical (unpaired) electrons. The largest absolute Gasteiger partial charge is 0.462 e. The molecule has 0 bridgehead atoms. The van der Waals surface area contributed by atoms with Gasteiger partial charge in [0.15, 0.2) is 0 Å². The highest BCUT2D eigenvalue weighted by Crippen LogP contribution is 2.16. The Balaban J connectivity index is 2.80. The van der Waals surface area contributed by atoms with Crippen molar-refractivity contribution in [3.8, 4) is 0 Å². The number of aromatic nitrogens is 1. The first kappa shape index (κ1) is 13.3. The zero-order valence-electron chi connectivity index (χ0n) is 11.4. The summed E-state index contributed by atoms with van der Waals surface area (Å²) >= 11 is 0. The van der Waals surface area contributed by atoms with E-state index in [2.05, 4.69) is 0 Å². The van der Waals surface area contributed by atoms with Crippen molar-refractivity contribution in [2.24, 2.45) is 0 Å². The third-order valence-electron chi connectivity index (χ3n) is 3.14. The summed E-state index contributed by atoms with van der Waals surface area (Å²) in [5.41, 5.74) is 1.73. The van der Waals surface area contributed by atoms with Crippen LogP contribution in [0.4, 0.5) is 0 Å². The summed E-state index contributed by atoms with van der Waals surface area (Å²) in [5.74, 6) is -0.557. The van der Waals surface area contributed by atoms with Crippen LogP contribution in [0.25, 0.3) is 10.9 Å². The molecule has 100 valence electrons. The Morgan fingerprint density at radius 2 is 2.05 bits per heavy atom. The van der Waals surface area contributed by atoms with Crippen molar-refractivity contribution in [1.82, 2.24) is 4.57 Å². The molecule has 2 aromatic rings. The van der Waals surface area contributed by atoms with E-state index in [0.717, 1.165) is 11.1 Å². The topological polar surface area (TPSA) is 48.3 Å². The number of rotatable bonds is 3. The average molecular weight is 259 g/mol. The number of carbonyl (C=O) groups is 1. The number of fused-ring (bicyclic) bond motifs is 1. The smallest absolute Gasteiger partial charge is 0.343 e. The molecule has 0 atom stereocenters. The molecule has 0 saturated carbocycles. The third kappa shape index (κ3) is 2.26. The molecule has 0 fully saturated rings. The normalized spacial score (nSPS) is 10.7. The first-order valence-electron chi connectivity index (χ1n) is 6.40. The van der Waals surface area contributed by atoms with Crippen molar-refractivity contribution in [2.75, 3.05) is 6.61 Å². The van der Waals surface area contributed by atoms with Gasteiger partial charge in [-0.3, -0.25) is 4.79 Å². The van der Waals surface area contributed by atoms with Crippen LogP contribution >= 0.6 is 0 Å². The lowest BCUT2D eigenvalue weighted by Crippen LogP contribution is -2.21. The lowest BCUT2D eigenvalue weighted by molar-refractivity contribution is 0.0524. The molecule has 0 aliphatic carbocycles. The lowest BCUT2D eigenvalue weighted by atomic mass is 10.1. The minimum atomic E-state index is -0.557. The maximum atomic E-state index is 12.4. The number of nitrogens with zero attached hydrogens (tertiary/aromatic N) is 1. The van der Waals surface area contributed by atoms with E-state index in [9.17, 15) is 9.59 Å². The van der Waals surface area contributed by atoms with Crippen molar-refractivity contribution in [1.29, 1.82) is 0 Å². The molecule has 2 rings (SSSR count). The fourth-order valence-electron chi connectivity index (χ4n) is 2.25. The molecule has 1 heterocycles. The van der Waals surface area contributed by atoms with Crippen LogP contribution in [-0.4, -0.2) is 17.1 Å². The maximum Gasteiger partial charge on any atom is 0.343 e. The Hall–Kier alpha value is -2.10. The summed E-state index contributed by atoms with van der Waals surface area (Å²) in [5, 5.41) is 0.562. The first-order valence-corrected chi connectivity index (χ1v) is 6.40. The standard InChI is InChI=1S/C15H17NO3/c1-4-16-9-12(15(18)19-5-2)14(17)11-8-6-7-10(3)13(11)16/h6-9H,4-5H2,1-3H3. The van der Waals surface area contributed by atoms with Gasteiger partial charge in [0.2, 0.25) is 5.43 Å². The van der Waals surface area contributed by atoms with Gasteiger partial charge < -0.3 is 9.30 Å². The highest BCUT2D eigenvalue weighted by atomic mass is 16.5. The number of pyridine rings is 1. The van der Waals surface area contributed by atoms with Gasteiger partial charge in [-0.2, -0.15) is 0 Å². The molecule has 0 aliphatic rings. The van der Waals surface area contributed by atoms with Crippen molar-refractivity contribution in [2.45, 2.75) is 27.3 Å². The lowest BCUT2D eigenvalue weighted by Gasteiger charge is -2.13. The Bertz CT molecular complexity index is 686. The van der Waals surface area contributed by atoms with Crippen molar-refractivity contribution >= 4 is 16.9 Å². The number of esters is 1. The highest BCUT2D eigenvalue weighted by molar-refractivity contribution is 5.94. The molecule has 0 aliphatic heterocycles. The van der Waals surface area contributed by atoms with Crippen LogP contribution in [0.2, 0.25) is 0 Å². The van der Waals surface area contributed by atoms with E-state index in [0.29, 0.717) is 11.9 Å². The second kappa shape index (κ2) is 5.26. The third-order valence-corrected chi connectivity index (χ3v) is 3.14. The van der Waals surface area contributed by atoms with Crippen LogP contribution in [0.15, 0.2) is 29.2 Å². The van der Waals surface area contributed by atoms with E-state index in [1.807, 2.05) is 30.5 Å². The second-order valence-corrected chi connectivity index (χ2v) is 4.35. The monoisotopic (exact) mass is 259 g/mol. The summed E-state index contributed by atoms with van der Waals surface area (Å²) in [6, 6.07) is 5.53. The summed E-state index contributed by atoms with van der Waals surface area (Å²) in [6.07, 6.45) is 1.59. The number of aryl methyl sites for hydroxylation is 2.